The Hall–Kier alpha value is -0.950. The van der Waals surface area contributed by atoms with Gasteiger partial charge >= 0.3 is 0 Å². The molecule has 20 heavy (non-hydrogen) atoms. The van der Waals surface area contributed by atoms with Crippen LogP contribution >= 0.6 is 0 Å². The average Bonchev–Trinajstić information content (AvgIpc) is 2.37. The van der Waals surface area contributed by atoms with Gasteiger partial charge in [0, 0.05) is 33.2 Å². The third kappa shape index (κ3) is 5.20. The monoisotopic (exact) mass is 299 g/mol. The van der Waals surface area contributed by atoms with E-state index in [1.807, 2.05) is 24.3 Å². The SMILES string of the molecule is CC(C)N(C)Cc1ccc(CNS(=O)(=O)N(C)C)cc1. The number of benzene rings is 1. The van der Waals surface area contributed by atoms with Crippen molar-refractivity contribution >= 4 is 10.2 Å². The standard InChI is InChI=1S/C14H25N3O2S/c1-12(2)17(5)11-14-8-6-13(7-9-14)10-15-20(18,19)16(3)4/h6-9,12,15H,10-11H2,1-5H3. The molecule has 114 valence electrons. The van der Waals surface area contributed by atoms with Gasteiger partial charge in [0.1, 0.15) is 0 Å². The van der Waals surface area contributed by atoms with E-state index < -0.39 is 10.2 Å². The van der Waals surface area contributed by atoms with Gasteiger partial charge in [-0.1, -0.05) is 24.3 Å². The molecule has 0 saturated heterocycles. The Labute approximate surface area is 122 Å². The van der Waals surface area contributed by atoms with Crippen LogP contribution in [0.4, 0.5) is 0 Å². The Morgan fingerprint density at radius 1 is 1.05 bits per heavy atom. The highest BCUT2D eigenvalue weighted by Crippen LogP contribution is 2.09. The highest BCUT2D eigenvalue weighted by molar-refractivity contribution is 7.87. The normalized spacial score (nSPS) is 12.6. The third-order valence-corrected chi connectivity index (χ3v) is 4.75. The summed E-state index contributed by atoms with van der Waals surface area (Å²) in [5.74, 6) is 0. The smallest absolute Gasteiger partial charge is 0.279 e. The summed E-state index contributed by atoms with van der Waals surface area (Å²) >= 11 is 0. The first kappa shape index (κ1) is 17.1. The van der Waals surface area contributed by atoms with Gasteiger partial charge in [-0.2, -0.15) is 17.4 Å². The molecule has 0 radical (unpaired) electrons. The number of hydrogen-bond acceptors (Lipinski definition) is 3. The van der Waals surface area contributed by atoms with Crippen molar-refractivity contribution in [3.05, 3.63) is 35.4 Å². The molecule has 0 aliphatic carbocycles. The molecule has 1 rings (SSSR count). The van der Waals surface area contributed by atoms with Crippen molar-refractivity contribution in [3.8, 4) is 0 Å². The second-order valence-corrected chi connectivity index (χ2v) is 7.40. The van der Waals surface area contributed by atoms with Crippen LogP contribution in [0.1, 0.15) is 25.0 Å². The van der Waals surface area contributed by atoms with Crippen molar-refractivity contribution in [3.63, 3.8) is 0 Å². The van der Waals surface area contributed by atoms with Crippen molar-refractivity contribution in [2.45, 2.75) is 33.0 Å². The maximum Gasteiger partial charge on any atom is 0.279 e. The first-order valence-corrected chi connectivity index (χ1v) is 8.11. The van der Waals surface area contributed by atoms with E-state index in [4.69, 9.17) is 0 Å². The summed E-state index contributed by atoms with van der Waals surface area (Å²) in [7, 11) is 1.74. The average molecular weight is 299 g/mol. The second-order valence-electron chi connectivity index (χ2n) is 5.43. The van der Waals surface area contributed by atoms with Crippen LogP contribution in [-0.2, 0) is 23.3 Å². The summed E-state index contributed by atoms with van der Waals surface area (Å²) in [6.45, 7) is 5.51. The Morgan fingerprint density at radius 3 is 2.00 bits per heavy atom. The summed E-state index contributed by atoms with van der Waals surface area (Å²) in [6.07, 6.45) is 0. The molecular weight excluding hydrogens is 274 g/mol. The van der Waals surface area contributed by atoms with Crippen LogP contribution in [0.25, 0.3) is 0 Å². The molecular formula is C14H25N3O2S. The lowest BCUT2D eigenvalue weighted by Gasteiger charge is -2.21. The molecule has 1 aromatic rings. The van der Waals surface area contributed by atoms with E-state index in [9.17, 15) is 8.42 Å². The molecule has 0 heterocycles. The highest BCUT2D eigenvalue weighted by atomic mass is 32.2. The van der Waals surface area contributed by atoms with Gasteiger partial charge in [-0.25, -0.2) is 0 Å². The zero-order chi connectivity index (χ0) is 15.3. The highest BCUT2D eigenvalue weighted by Gasteiger charge is 2.12. The predicted octanol–water partition coefficient (Wildman–Crippen LogP) is 1.42. The zero-order valence-electron chi connectivity index (χ0n) is 12.9. The lowest BCUT2D eigenvalue weighted by Crippen LogP contribution is -2.35. The van der Waals surface area contributed by atoms with Crippen molar-refractivity contribution in [1.29, 1.82) is 0 Å². The fourth-order valence-corrected chi connectivity index (χ4v) is 2.14. The summed E-state index contributed by atoms with van der Waals surface area (Å²) < 4.78 is 26.9. The summed E-state index contributed by atoms with van der Waals surface area (Å²) in [5.41, 5.74) is 2.17. The van der Waals surface area contributed by atoms with Gasteiger partial charge < -0.3 is 0 Å². The summed E-state index contributed by atoms with van der Waals surface area (Å²) in [4.78, 5) is 2.25. The molecule has 0 spiro atoms. The quantitative estimate of drug-likeness (QED) is 0.828. The molecule has 0 unspecified atom stereocenters. The fraction of sp³-hybridized carbons (Fsp3) is 0.571. The number of hydrogen-bond donors (Lipinski definition) is 1. The first-order chi connectivity index (χ1) is 9.22. The molecule has 0 bridgehead atoms. The second kappa shape index (κ2) is 7.17. The number of rotatable bonds is 7. The minimum absolute atomic E-state index is 0.306. The van der Waals surface area contributed by atoms with Crippen LogP contribution in [0.3, 0.4) is 0 Å². The van der Waals surface area contributed by atoms with Crippen LogP contribution in [0.5, 0.6) is 0 Å². The van der Waals surface area contributed by atoms with E-state index in [0.29, 0.717) is 12.6 Å². The third-order valence-electron chi connectivity index (χ3n) is 3.28. The van der Waals surface area contributed by atoms with Gasteiger partial charge in [0.15, 0.2) is 0 Å². The maximum atomic E-state index is 11.6. The van der Waals surface area contributed by atoms with E-state index >= 15 is 0 Å². The minimum Gasteiger partial charge on any atom is -0.300 e. The van der Waals surface area contributed by atoms with Gasteiger partial charge in [-0.05, 0) is 32.0 Å². The van der Waals surface area contributed by atoms with Crippen LogP contribution < -0.4 is 4.72 Å². The molecule has 6 heteroatoms. The fourth-order valence-electron chi connectivity index (χ4n) is 1.54. The van der Waals surface area contributed by atoms with Crippen molar-refractivity contribution in [2.24, 2.45) is 0 Å². The van der Waals surface area contributed by atoms with E-state index in [2.05, 4.69) is 30.5 Å². The summed E-state index contributed by atoms with van der Waals surface area (Å²) in [5, 5.41) is 0. The topological polar surface area (TPSA) is 52.7 Å². The molecule has 1 N–H and O–H groups in total. The maximum absolute atomic E-state index is 11.6. The molecule has 0 fully saturated rings. The van der Waals surface area contributed by atoms with E-state index in [0.717, 1.165) is 12.1 Å². The molecule has 1 aromatic carbocycles. The van der Waals surface area contributed by atoms with Gasteiger partial charge in [0.2, 0.25) is 0 Å². The summed E-state index contributed by atoms with van der Waals surface area (Å²) in [6, 6.07) is 8.50. The van der Waals surface area contributed by atoms with E-state index in [1.54, 1.807) is 0 Å². The Balaban J connectivity index is 2.59. The minimum atomic E-state index is -3.36. The van der Waals surface area contributed by atoms with Crippen molar-refractivity contribution in [1.82, 2.24) is 13.9 Å². The van der Waals surface area contributed by atoms with Crippen molar-refractivity contribution < 1.29 is 8.42 Å². The van der Waals surface area contributed by atoms with E-state index in [-0.39, 0.29) is 0 Å². The lowest BCUT2D eigenvalue weighted by atomic mass is 10.1. The molecule has 0 atom stereocenters. The van der Waals surface area contributed by atoms with Crippen LogP contribution in [-0.4, -0.2) is 44.8 Å². The van der Waals surface area contributed by atoms with Gasteiger partial charge in [0.05, 0.1) is 0 Å². The Morgan fingerprint density at radius 2 is 1.55 bits per heavy atom. The first-order valence-electron chi connectivity index (χ1n) is 6.67. The Kier molecular flexibility index (Phi) is 6.13. The van der Waals surface area contributed by atoms with Gasteiger partial charge in [-0.15, -0.1) is 0 Å². The van der Waals surface area contributed by atoms with E-state index in [1.165, 1.54) is 24.0 Å². The number of nitrogens with one attached hydrogen (secondary N) is 1. The molecule has 0 aromatic heterocycles. The Bertz CT molecular complexity index is 510. The van der Waals surface area contributed by atoms with Crippen LogP contribution in [0.15, 0.2) is 24.3 Å². The molecule has 0 amide bonds. The molecule has 5 nitrogen and oxygen atoms in total. The predicted molar refractivity (Wildman–Crippen MR) is 82.5 cm³/mol. The van der Waals surface area contributed by atoms with Crippen LogP contribution in [0, 0.1) is 0 Å². The lowest BCUT2D eigenvalue weighted by molar-refractivity contribution is 0.266. The largest absolute Gasteiger partial charge is 0.300 e. The number of nitrogens with zero attached hydrogens (tertiary/aromatic N) is 2. The van der Waals surface area contributed by atoms with Gasteiger partial charge in [-0.3, -0.25) is 4.90 Å². The molecule has 0 aliphatic heterocycles. The van der Waals surface area contributed by atoms with Crippen molar-refractivity contribution in [2.75, 3.05) is 21.1 Å². The molecule has 0 aliphatic rings. The van der Waals surface area contributed by atoms with Gasteiger partial charge in [0.25, 0.3) is 10.2 Å². The van der Waals surface area contributed by atoms with Crippen LogP contribution in [0.2, 0.25) is 0 Å². The molecule has 0 saturated carbocycles. The zero-order valence-corrected chi connectivity index (χ0v) is 13.7.